The number of carbonyl (C=O) groups excluding carboxylic acids is 3. The standard InChI is InChI=1S/C65H89N2O13P.ClH/c1-5-67(6-2,43-50-37-49(28-31-57(50)80-81(73,74)75)56(70)41-66-34-16-7-8-17-35-76-36-18-15-21-45-19-11-9-12-20-45)42-46-24-26-47(27-25-46)61(72)77-44-58(71)65-59(78-62(79-65)48-22-13-10-14-23-48)39-54-53-30-29-51-38-52(68)32-33-63(51,3)60(53)55(69)40-64(54,65)4;/h9,11-12,19-20,24-28,31-33,37-38,48,53-56,59-60,62,66,69-70H,5-8,10,13-18,21-23,29-30,34-36,39-44H2,1-4H3,(H-,73,74,75);1H/t53?,54?,55-,56?,59-,60?,62+,63-,64-,65+;/m0./s1. The number of rotatable bonds is 28. The van der Waals surface area contributed by atoms with Crippen molar-refractivity contribution in [3.05, 3.63) is 124 Å². The van der Waals surface area contributed by atoms with Crippen molar-refractivity contribution in [2.24, 2.45) is 34.5 Å². The van der Waals surface area contributed by atoms with Gasteiger partial charge in [-0.3, -0.25) is 19.4 Å². The molecule has 17 heteroatoms. The van der Waals surface area contributed by atoms with Crippen molar-refractivity contribution < 1.29 is 79.3 Å². The zero-order chi connectivity index (χ0) is 57.4. The predicted molar refractivity (Wildman–Crippen MR) is 309 cm³/mol. The molecule has 9 rings (SSSR count). The molecular formula is C65H90ClN2O13P. The van der Waals surface area contributed by atoms with E-state index >= 15 is 4.79 Å². The molecule has 4 unspecified atom stereocenters. The number of halogens is 1. The first-order chi connectivity index (χ1) is 38.9. The molecule has 82 heavy (non-hydrogen) atoms. The summed E-state index contributed by atoms with van der Waals surface area (Å²) in [7, 11) is -4.92. The van der Waals surface area contributed by atoms with Gasteiger partial charge in [-0.2, -0.15) is 0 Å². The minimum absolute atomic E-state index is 0. The summed E-state index contributed by atoms with van der Waals surface area (Å²) < 4.78 is 43.6. The number of phosphoric ester groups is 1. The summed E-state index contributed by atoms with van der Waals surface area (Å²) in [6.07, 6.45) is 17.6. The number of quaternary nitrogens is 1. The van der Waals surface area contributed by atoms with Crippen molar-refractivity contribution in [2.75, 3.05) is 46.0 Å². The van der Waals surface area contributed by atoms with Crippen LogP contribution in [0.5, 0.6) is 5.75 Å². The largest absolute Gasteiger partial charge is 1.00 e. The number of ether oxygens (including phenoxy) is 4. The van der Waals surface area contributed by atoms with E-state index in [1.54, 1.807) is 36.4 Å². The third kappa shape index (κ3) is 14.2. The van der Waals surface area contributed by atoms with Gasteiger partial charge in [-0.25, -0.2) is 9.36 Å². The SMILES string of the molecule is CC[N+](CC)(Cc1ccc(C(=O)OCC(=O)[C@@]23O[C@H](C4CCCCC4)O[C@H]2CC2C4CCC5=CC(=O)C=C[C@]5(C)C4[C@@H](O)C[C@@]23C)cc1)Cc1cc(C(O)CNCCCCCCOCCCCc2ccccc2)ccc1OP(=O)(O)O.[Cl-]. The molecule has 0 spiro atoms. The first kappa shape index (κ1) is 63.9. The highest BCUT2D eigenvalue weighted by Gasteiger charge is 2.76. The third-order valence-electron chi connectivity index (χ3n) is 19.9. The Morgan fingerprint density at radius 1 is 0.878 bits per heavy atom. The van der Waals surface area contributed by atoms with E-state index in [-0.39, 0.29) is 59.0 Å². The minimum Gasteiger partial charge on any atom is -1.00 e. The number of esters is 1. The fourth-order valence-electron chi connectivity index (χ4n) is 15.3. The van der Waals surface area contributed by atoms with Gasteiger partial charge in [0, 0.05) is 53.6 Å². The number of carbonyl (C=O) groups is 3. The van der Waals surface area contributed by atoms with Crippen LogP contribution in [0.1, 0.15) is 163 Å². The Hall–Kier alpha value is -4.09. The Kier molecular flexibility index (Phi) is 21.8. The predicted octanol–water partition coefficient (Wildman–Crippen LogP) is 7.62. The summed E-state index contributed by atoms with van der Waals surface area (Å²) in [5.74, 6) is -0.900. The minimum atomic E-state index is -4.92. The molecule has 5 aliphatic carbocycles. The molecule has 3 aromatic carbocycles. The van der Waals surface area contributed by atoms with Crippen LogP contribution in [-0.4, -0.2) is 112 Å². The number of nitrogens with zero attached hydrogens (tertiary/aromatic N) is 1. The topological polar surface area (TPSA) is 207 Å². The summed E-state index contributed by atoms with van der Waals surface area (Å²) in [5, 5.41) is 27.0. The van der Waals surface area contributed by atoms with Gasteiger partial charge in [0.15, 0.2) is 24.3 Å². The number of unbranched alkanes of at least 4 members (excludes halogenated alkanes) is 4. The van der Waals surface area contributed by atoms with Crippen molar-refractivity contribution in [1.29, 1.82) is 0 Å². The lowest BCUT2D eigenvalue weighted by Crippen LogP contribution is -3.00. The zero-order valence-corrected chi connectivity index (χ0v) is 50.3. The lowest BCUT2D eigenvalue weighted by molar-refractivity contribution is -0.950. The lowest BCUT2D eigenvalue weighted by Gasteiger charge is -2.59. The number of hydrogen-bond donors (Lipinski definition) is 5. The first-order valence-corrected chi connectivity index (χ1v) is 31.9. The second kappa shape index (κ2) is 28.0. The number of Topliss-reactive ketones (excluding diaryl/α,β-unsaturated/α-hetero) is 1. The monoisotopic (exact) mass is 1170 g/mol. The molecule has 4 saturated carbocycles. The number of nitrogens with one attached hydrogen (secondary N) is 1. The molecule has 15 nitrogen and oxygen atoms in total. The molecule has 5 N–H and O–H groups in total. The van der Waals surface area contributed by atoms with Gasteiger partial charge >= 0.3 is 13.8 Å². The second-order valence-electron chi connectivity index (χ2n) is 24.8. The molecule has 1 aliphatic heterocycles. The van der Waals surface area contributed by atoms with Crippen LogP contribution in [0.3, 0.4) is 0 Å². The molecular weight excluding hydrogens is 1080 g/mol. The van der Waals surface area contributed by atoms with Gasteiger partial charge in [-0.15, -0.1) is 0 Å². The number of allylic oxidation sites excluding steroid dienone is 4. The van der Waals surface area contributed by atoms with Gasteiger partial charge in [0.1, 0.15) is 18.8 Å². The van der Waals surface area contributed by atoms with E-state index in [1.807, 2.05) is 24.3 Å². The van der Waals surface area contributed by atoms with E-state index in [0.717, 1.165) is 121 Å². The van der Waals surface area contributed by atoms with E-state index in [9.17, 15) is 34.2 Å². The van der Waals surface area contributed by atoms with Crippen molar-refractivity contribution >= 4 is 25.4 Å². The quantitative estimate of drug-likeness (QED) is 0.0205. The Balaban J connectivity index is 0.00000880. The lowest BCUT2D eigenvalue weighted by atomic mass is 9.46. The van der Waals surface area contributed by atoms with Crippen LogP contribution >= 0.6 is 7.82 Å². The summed E-state index contributed by atoms with van der Waals surface area (Å²) in [4.78, 5) is 61.3. The summed E-state index contributed by atoms with van der Waals surface area (Å²) in [5.41, 5.74) is 2.07. The Bertz CT molecular complexity index is 2740. The first-order valence-electron chi connectivity index (χ1n) is 30.4. The van der Waals surface area contributed by atoms with Gasteiger partial charge in [-0.1, -0.05) is 106 Å². The summed E-state index contributed by atoms with van der Waals surface area (Å²) in [6.45, 7) is 12.6. The zero-order valence-electron chi connectivity index (χ0n) is 48.7. The smallest absolute Gasteiger partial charge is 0.524 e. The second-order valence-corrected chi connectivity index (χ2v) is 26.0. The maximum atomic E-state index is 15.1. The molecule has 6 aliphatic rings. The fourth-order valence-corrected chi connectivity index (χ4v) is 15.8. The number of aryl methyl sites for hydroxylation is 1. The van der Waals surface area contributed by atoms with Gasteiger partial charge in [0.05, 0.1) is 37.0 Å². The Labute approximate surface area is 492 Å². The van der Waals surface area contributed by atoms with Crippen molar-refractivity contribution in [2.45, 2.75) is 174 Å². The van der Waals surface area contributed by atoms with E-state index in [2.05, 4.69) is 57.3 Å². The number of phosphoric acid groups is 1. The van der Waals surface area contributed by atoms with Gasteiger partial charge in [-0.05, 0) is 150 Å². The molecule has 3 aromatic rings. The van der Waals surface area contributed by atoms with Crippen LogP contribution in [0, 0.1) is 34.5 Å². The summed E-state index contributed by atoms with van der Waals surface area (Å²) >= 11 is 0. The molecule has 0 amide bonds. The van der Waals surface area contributed by atoms with E-state index in [1.165, 1.54) is 11.6 Å². The number of hydrogen-bond acceptors (Lipinski definition) is 12. The molecule has 0 bridgehead atoms. The number of benzene rings is 3. The Morgan fingerprint density at radius 3 is 2.32 bits per heavy atom. The normalized spacial score (nSPS) is 28.2. The molecule has 1 saturated heterocycles. The number of aliphatic hydroxyl groups is 2. The highest BCUT2D eigenvalue weighted by molar-refractivity contribution is 7.46. The van der Waals surface area contributed by atoms with E-state index in [4.69, 9.17) is 23.5 Å². The van der Waals surface area contributed by atoms with E-state index < -0.39 is 61.4 Å². The number of aliphatic hydroxyl groups excluding tert-OH is 2. The highest BCUT2D eigenvalue weighted by atomic mass is 35.5. The van der Waals surface area contributed by atoms with Crippen LogP contribution in [0.4, 0.5) is 0 Å². The van der Waals surface area contributed by atoms with Crippen molar-refractivity contribution in [3.8, 4) is 5.75 Å². The highest BCUT2D eigenvalue weighted by Crippen LogP contribution is 2.70. The molecule has 10 atom stereocenters. The average molecular weight is 1170 g/mol. The third-order valence-corrected chi connectivity index (χ3v) is 20.3. The molecule has 1 heterocycles. The maximum Gasteiger partial charge on any atom is 0.524 e. The molecule has 450 valence electrons. The average Bonchev–Trinajstić information content (AvgIpc) is 1.54. The number of fused-ring (bicyclic) bond motifs is 7. The van der Waals surface area contributed by atoms with Gasteiger partial charge < -0.3 is 55.9 Å². The van der Waals surface area contributed by atoms with Crippen LogP contribution < -0.4 is 22.2 Å². The molecule has 5 fully saturated rings. The van der Waals surface area contributed by atoms with Crippen LogP contribution in [-0.2, 0) is 52.6 Å². The maximum absolute atomic E-state index is 15.1. The van der Waals surface area contributed by atoms with Crippen molar-refractivity contribution in [1.82, 2.24) is 5.32 Å². The summed E-state index contributed by atoms with van der Waals surface area (Å²) in [6, 6.07) is 22.6. The number of ketones is 2. The van der Waals surface area contributed by atoms with Crippen molar-refractivity contribution in [3.63, 3.8) is 0 Å². The van der Waals surface area contributed by atoms with Crippen LogP contribution in [0.2, 0.25) is 0 Å². The van der Waals surface area contributed by atoms with E-state index in [0.29, 0.717) is 61.2 Å². The van der Waals surface area contributed by atoms with Gasteiger partial charge in [0.2, 0.25) is 5.78 Å². The van der Waals surface area contributed by atoms with Crippen LogP contribution in [0.15, 0.2) is 96.6 Å². The molecule has 0 aromatic heterocycles. The van der Waals surface area contributed by atoms with Gasteiger partial charge in [0.25, 0.3) is 0 Å². The fraction of sp³-hybridized carbons (Fsp3) is 0.615. The Morgan fingerprint density at radius 2 is 1.60 bits per heavy atom. The van der Waals surface area contributed by atoms with Crippen LogP contribution in [0.25, 0.3) is 0 Å². The molecule has 0 radical (unpaired) electrons.